The smallest absolute Gasteiger partial charge is 0.270 e. The number of hydrogen-bond donors (Lipinski definition) is 2. The van der Waals surface area contributed by atoms with Gasteiger partial charge < -0.3 is 11.1 Å². The van der Waals surface area contributed by atoms with Crippen molar-refractivity contribution in [2.45, 2.75) is 45.6 Å². The van der Waals surface area contributed by atoms with Gasteiger partial charge in [0.1, 0.15) is 11.5 Å². The first-order valence-electron chi connectivity index (χ1n) is 7.11. The second-order valence-corrected chi connectivity index (χ2v) is 5.72. The van der Waals surface area contributed by atoms with Crippen molar-refractivity contribution in [2.75, 3.05) is 5.73 Å². The fourth-order valence-corrected chi connectivity index (χ4v) is 2.96. The summed E-state index contributed by atoms with van der Waals surface area (Å²) in [7, 11) is 0. The molecule has 2 rings (SSSR count). The van der Waals surface area contributed by atoms with E-state index in [1.54, 1.807) is 18.2 Å². The number of carbonyl (C=O) groups is 1. The number of hydrogen-bond acceptors (Lipinski definition) is 3. The summed E-state index contributed by atoms with van der Waals surface area (Å²) in [5.74, 6) is 1.44. The minimum atomic E-state index is -0.107. The molecule has 0 aliphatic heterocycles. The lowest BCUT2D eigenvalue weighted by molar-refractivity contribution is 0.0884. The topological polar surface area (TPSA) is 68.0 Å². The van der Waals surface area contributed by atoms with E-state index in [9.17, 15) is 4.79 Å². The van der Waals surface area contributed by atoms with E-state index < -0.39 is 0 Å². The number of nitrogens with two attached hydrogens (primary N) is 1. The van der Waals surface area contributed by atoms with Gasteiger partial charge in [-0.15, -0.1) is 0 Å². The summed E-state index contributed by atoms with van der Waals surface area (Å²) in [6, 6.07) is 5.43. The van der Waals surface area contributed by atoms with Crippen LogP contribution < -0.4 is 11.1 Å². The highest BCUT2D eigenvalue weighted by atomic mass is 16.1. The Kier molecular flexibility index (Phi) is 4.40. The zero-order chi connectivity index (χ0) is 13.8. The average Bonchev–Trinajstić information content (AvgIpc) is 2.39. The number of rotatable bonds is 3. The molecule has 1 aromatic rings. The molecule has 4 nitrogen and oxygen atoms in total. The highest BCUT2D eigenvalue weighted by molar-refractivity contribution is 5.92. The quantitative estimate of drug-likeness (QED) is 0.878. The zero-order valence-electron chi connectivity index (χ0n) is 11.7. The largest absolute Gasteiger partial charge is 0.384 e. The number of nitrogens with zero attached hydrogens (tertiary/aromatic N) is 1. The van der Waals surface area contributed by atoms with Crippen LogP contribution in [0.3, 0.4) is 0 Å². The van der Waals surface area contributed by atoms with Crippen LogP contribution in [0.5, 0.6) is 0 Å². The molecule has 2 unspecified atom stereocenters. The van der Waals surface area contributed by atoms with Gasteiger partial charge in [0.2, 0.25) is 0 Å². The van der Waals surface area contributed by atoms with Gasteiger partial charge in [0, 0.05) is 6.04 Å². The minimum absolute atomic E-state index is 0.107. The van der Waals surface area contributed by atoms with Crippen LogP contribution in [0.2, 0.25) is 0 Å². The van der Waals surface area contributed by atoms with Crippen molar-refractivity contribution in [3.63, 3.8) is 0 Å². The number of pyridine rings is 1. The molecule has 1 aromatic heterocycles. The first kappa shape index (κ1) is 13.8. The van der Waals surface area contributed by atoms with Gasteiger partial charge in [-0.05, 0) is 36.8 Å². The Labute approximate surface area is 114 Å². The summed E-state index contributed by atoms with van der Waals surface area (Å²) < 4.78 is 0. The van der Waals surface area contributed by atoms with Gasteiger partial charge in [-0.1, -0.05) is 32.8 Å². The van der Waals surface area contributed by atoms with Gasteiger partial charge in [0.05, 0.1) is 0 Å². The Hall–Kier alpha value is -1.58. The molecule has 0 aromatic carbocycles. The second-order valence-electron chi connectivity index (χ2n) is 5.72. The number of anilines is 1. The molecular weight excluding hydrogens is 238 g/mol. The van der Waals surface area contributed by atoms with Gasteiger partial charge in [-0.2, -0.15) is 0 Å². The third-order valence-electron chi connectivity index (χ3n) is 4.00. The van der Waals surface area contributed by atoms with Gasteiger partial charge in [0.25, 0.3) is 5.91 Å². The van der Waals surface area contributed by atoms with Crippen molar-refractivity contribution in [1.82, 2.24) is 10.3 Å². The lowest BCUT2D eigenvalue weighted by Gasteiger charge is -2.34. The average molecular weight is 261 g/mol. The highest BCUT2D eigenvalue weighted by Gasteiger charge is 2.29. The third kappa shape index (κ3) is 3.46. The van der Waals surface area contributed by atoms with Gasteiger partial charge >= 0.3 is 0 Å². The van der Waals surface area contributed by atoms with E-state index in [1.165, 1.54) is 19.3 Å². The molecule has 0 spiro atoms. The fraction of sp³-hybridized carbons (Fsp3) is 0.600. The predicted octanol–water partition coefficient (Wildman–Crippen LogP) is 2.61. The molecule has 0 bridgehead atoms. The summed E-state index contributed by atoms with van der Waals surface area (Å²) in [6.07, 6.45) is 4.73. The van der Waals surface area contributed by atoms with Crippen LogP contribution in [0.15, 0.2) is 18.2 Å². The maximum atomic E-state index is 12.2. The van der Waals surface area contributed by atoms with Crippen LogP contribution >= 0.6 is 0 Å². The van der Waals surface area contributed by atoms with Gasteiger partial charge in [-0.25, -0.2) is 4.98 Å². The van der Waals surface area contributed by atoms with Crippen molar-refractivity contribution in [3.05, 3.63) is 23.9 Å². The molecular formula is C15H23N3O. The maximum absolute atomic E-state index is 12.2. The first-order valence-corrected chi connectivity index (χ1v) is 7.11. The molecule has 1 amide bonds. The van der Waals surface area contributed by atoms with E-state index >= 15 is 0 Å². The number of nitrogen functional groups attached to an aromatic ring is 1. The van der Waals surface area contributed by atoms with Crippen LogP contribution in [0, 0.1) is 11.8 Å². The maximum Gasteiger partial charge on any atom is 0.270 e. The number of nitrogens with one attached hydrogen (secondary N) is 1. The van der Waals surface area contributed by atoms with E-state index in [1.807, 2.05) is 0 Å². The molecule has 104 valence electrons. The SMILES string of the molecule is CC(C)C1CCCCC1NC(=O)c1cccc(N)n1. The fourth-order valence-electron chi connectivity index (χ4n) is 2.96. The van der Waals surface area contributed by atoms with Crippen LogP contribution in [-0.4, -0.2) is 16.9 Å². The molecule has 1 aliphatic rings. The minimum Gasteiger partial charge on any atom is -0.384 e. The standard InChI is InChI=1S/C15H23N3O/c1-10(2)11-6-3-4-7-12(11)18-15(19)13-8-5-9-14(16)17-13/h5,8-12H,3-4,6-7H2,1-2H3,(H2,16,17)(H,18,19). The molecule has 2 atom stereocenters. The normalized spacial score (nSPS) is 23.3. The van der Waals surface area contributed by atoms with E-state index in [2.05, 4.69) is 24.1 Å². The van der Waals surface area contributed by atoms with Crippen LogP contribution in [0.1, 0.15) is 50.0 Å². The molecule has 0 radical (unpaired) electrons. The van der Waals surface area contributed by atoms with Gasteiger partial charge in [-0.3, -0.25) is 4.79 Å². The Morgan fingerprint density at radius 1 is 1.37 bits per heavy atom. The Bertz CT molecular complexity index is 445. The molecule has 19 heavy (non-hydrogen) atoms. The number of carbonyl (C=O) groups excluding carboxylic acids is 1. The van der Waals surface area contributed by atoms with Crippen molar-refractivity contribution in [2.24, 2.45) is 11.8 Å². The zero-order valence-corrected chi connectivity index (χ0v) is 11.7. The van der Waals surface area contributed by atoms with Crippen LogP contribution in [0.25, 0.3) is 0 Å². The molecule has 1 saturated carbocycles. The Morgan fingerprint density at radius 2 is 2.11 bits per heavy atom. The first-order chi connectivity index (χ1) is 9.08. The van der Waals surface area contributed by atoms with E-state index in [-0.39, 0.29) is 11.9 Å². The molecule has 4 heteroatoms. The summed E-state index contributed by atoms with van der Waals surface area (Å²) in [4.78, 5) is 16.3. The lowest BCUT2D eigenvalue weighted by Crippen LogP contribution is -2.44. The Balaban J connectivity index is 2.04. The molecule has 1 fully saturated rings. The number of aromatic nitrogens is 1. The van der Waals surface area contributed by atoms with Crippen LogP contribution in [0.4, 0.5) is 5.82 Å². The Morgan fingerprint density at radius 3 is 2.79 bits per heavy atom. The van der Waals surface area contributed by atoms with E-state index in [0.717, 1.165) is 6.42 Å². The number of amides is 1. The van der Waals surface area contributed by atoms with E-state index in [4.69, 9.17) is 5.73 Å². The van der Waals surface area contributed by atoms with Crippen molar-refractivity contribution < 1.29 is 4.79 Å². The molecule has 1 heterocycles. The highest BCUT2D eigenvalue weighted by Crippen LogP contribution is 2.30. The second kappa shape index (κ2) is 6.04. The third-order valence-corrected chi connectivity index (χ3v) is 4.00. The van der Waals surface area contributed by atoms with Crippen molar-refractivity contribution in [1.29, 1.82) is 0 Å². The molecule has 3 N–H and O–H groups in total. The van der Waals surface area contributed by atoms with Gasteiger partial charge in [0.15, 0.2) is 0 Å². The van der Waals surface area contributed by atoms with E-state index in [0.29, 0.717) is 23.3 Å². The summed E-state index contributed by atoms with van der Waals surface area (Å²) >= 11 is 0. The molecule has 0 saturated heterocycles. The van der Waals surface area contributed by atoms with Crippen molar-refractivity contribution in [3.8, 4) is 0 Å². The van der Waals surface area contributed by atoms with Crippen molar-refractivity contribution >= 4 is 11.7 Å². The monoisotopic (exact) mass is 261 g/mol. The summed E-state index contributed by atoms with van der Waals surface area (Å²) in [5.41, 5.74) is 6.02. The summed E-state index contributed by atoms with van der Waals surface area (Å²) in [5, 5.41) is 3.14. The lowest BCUT2D eigenvalue weighted by atomic mass is 9.78. The molecule has 1 aliphatic carbocycles. The summed E-state index contributed by atoms with van der Waals surface area (Å²) in [6.45, 7) is 4.46. The predicted molar refractivity (Wildman–Crippen MR) is 76.7 cm³/mol. The van der Waals surface area contributed by atoms with Crippen LogP contribution in [-0.2, 0) is 0 Å².